The molecule has 0 radical (unpaired) electrons. The number of fused-ring (bicyclic) bond motifs is 1. The highest BCUT2D eigenvalue weighted by Gasteiger charge is 2.17. The lowest BCUT2D eigenvalue weighted by molar-refractivity contribution is 0.439. The van der Waals surface area contributed by atoms with Gasteiger partial charge in [0.15, 0.2) is 0 Å². The van der Waals surface area contributed by atoms with Gasteiger partial charge in [0.05, 0.1) is 0 Å². The number of hydrogen-bond acceptors (Lipinski definition) is 3. The second kappa shape index (κ2) is 3.91. The van der Waals surface area contributed by atoms with Crippen molar-refractivity contribution in [2.45, 2.75) is 32.1 Å². The zero-order valence-electron chi connectivity index (χ0n) is 9.94. The van der Waals surface area contributed by atoms with Crippen molar-refractivity contribution in [1.82, 2.24) is 5.16 Å². The summed E-state index contributed by atoms with van der Waals surface area (Å²) < 4.78 is 4.92. The SMILES string of the molecule is CC1CCCc2ccc(-c3cc(N)on3)cc21. The van der Waals surface area contributed by atoms with Gasteiger partial charge in [0.2, 0.25) is 5.88 Å². The van der Waals surface area contributed by atoms with E-state index in [2.05, 4.69) is 30.3 Å². The van der Waals surface area contributed by atoms with Crippen LogP contribution in [0.5, 0.6) is 0 Å². The molecule has 1 heterocycles. The first-order chi connectivity index (χ1) is 8.24. The van der Waals surface area contributed by atoms with Gasteiger partial charge in [-0.3, -0.25) is 0 Å². The van der Waals surface area contributed by atoms with Crippen LogP contribution in [0.1, 0.15) is 36.8 Å². The van der Waals surface area contributed by atoms with Crippen LogP contribution in [0.4, 0.5) is 5.88 Å². The number of aryl methyl sites for hydroxylation is 1. The van der Waals surface area contributed by atoms with Crippen molar-refractivity contribution >= 4 is 5.88 Å². The topological polar surface area (TPSA) is 52.0 Å². The Morgan fingerprint density at radius 3 is 3.00 bits per heavy atom. The standard InChI is InChI=1S/C14H16N2O/c1-9-3-2-4-10-5-6-11(7-12(9)10)13-8-14(15)17-16-13/h5-9H,2-4,15H2,1H3. The van der Waals surface area contributed by atoms with E-state index < -0.39 is 0 Å². The van der Waals surface area contributed by atoms with Crippen LogP contribution in [0.15, 0.2) is 28.8 Å². The van der Waals surface area contributed by atoms with Crippen LogP contribution in [0.25, 0.3) is 11.3 Å². The molecule has 0 spiro atoms. The zero-order valence-corrected chi connectivity index (χ0v) is 9.94. The zero-order chi connectivity index (χ0) is 11.8. The Hall–Kier alpha value is -1.77. The van der Waals surface area contributed by atoms with Gasteiger partial charge in [-0.2, -0.15) is 0 Å². The number of benzene rings is 1. The van der Waals surface area contributed by atoms with Gasteiger partial charge in [0.1, 0.15) is 5.69 Å². The summed E-state index contributed by atoms with van der Waals surface area (Å²) in [5.41, 5.74) is 10.4. The molecule has 3 rings (SSSR count). The van der Waals surface area contributed by atoms with E-state index in [1.807, 2.05) is 0 Å². The Bertz CT molecular complexity index is 545. The number of hydrogen-bond donors (Lipinski definition) is 1. The summed E-state index contributed by atoms with van der Waals surface area (Å²) in [6.45, 7) is 2.29. The van der Waals surface area contributed by atoms with E-state index >= 15 is 0 Å². The lowest BCUT2D eigenvalue weighted by atomic mass is 9.83. The molecule has 1 aliphatic rings. The quantitative estimate of drug-likeness (QED) is 0.814. The van der Waals surface area contributed by atoms with Gasteiger partial charge in [-0.1, -0.05) is 24.2 Å². The van der Waals surface area contributed by atoms with Crippen molar-refractivity contribution in [3.8, 4) is 11.3 Å². The molecule has 88 valence electrons. The van der Waals surface area contributed by atoms with Crippen molar-refractivity contribution < 1.29 is 4.52 Å². The van der Waals surface area contributed by atoms with E-state index in [-0.39, 0.29) is 0 Å². The number of rotatable bonds is 1. The molecule has 0 saturated carbocycles. The molecular weight excluding hydrogens is 212 g/mol. The van der Waals surface area contributed by atoms with Crippen molar-refractivity contribution in [3.63, 3.8) is 0 Å². The highest BCUT2D eigenvalue weighted by Crippen LogP contribution is 2.34. The maximum absolute atomic E-state index is 5.55. The predicted octanol–water partition coefficient (Wildman–Crippen LogP) is 3.36. The molecule has 17 heavy (non-hydrogen) atoms. The van der Waals surface area contributed by atoms with Crippen LogP contribution in [-0.4, -0.2) is 5.16 Å². The van der Waals surface area contributed by atoms with Crippen molar-refractivity contribution in [1.29, 1.82) is 0 Å². The molecule has 1 unspecified atom stereocenters. The van der Waals surface area contributed by atoms with Gasteiger partial charge in [-0.15, -0.1) is 0 Å². The van der Waals surface area contributed by atoms with Crippen LogP contribution in [0.3, 0.4) is 0 Å². The van der Waals surface area contributed by atoms with Gasteiger partial charge in [-0.05, 0) is 42.4 Å². The maximum Gasteiger partial charge on any atom is 0.222 e. The predicted molar refractivity (Wildman–Crippen MR) is 67.7 cm³/mol. The number of aromatic nitrogens is 1. The molecule has 0 bridgehead atoms. The molecule has 0 aliphatic heterocycles. The minimum absolute atomic E-state index is 0.366. The molecule has 3 nitrogen and oxygen atoms in total. The second-order valence-electron chi connectivity index (χ2n) is 4.82. The summed E-state index contributed by atoms with van der Waals surface area (Å²) in [5.74, 6) is 1.01. The van der Waals surface area contributed by atoms with Gasteiger partial charge in [-0.25, -0.2) is 0 Å². The molecule has 2 aromatic rings. The summed E-state index contributed by atoms with van der Waals surface area (Å²) in [7, 11) is 0. The van der Waals surface area contributed by atoms with Crippen molar-refractivity contribution in [2.75, 3.05) is 5.73 Å². The fraction of sp³-hybridized carbons (Fsp3) is 0.357. The van der Waals surface area contributed by atoms with Crippen LogP contribution >= 0.6 is 0 Å². The normalized spacial score (nSPS) is 19.0. The number of nitrogens with zero attached hydrogens (tertiary/aromatic N) is 1. The summed E-state index contributed by atoms with van der Waals surface area (Å²) in [6.07, 6.45) is 3.77. The van der Waals surface area contributed by atoms with E-state index in [0.717, 1.165) is 11.3 Å². The fourth-order valence-corrected chi connectivity index (χ4v) is 2.62. The third-order valence-electron chi connectivity index (χ3n) is 3.58. The number of anilines is 1. The van der Waals surface area contributed by atoms with Gasteiger partial charge in [0, 0.05) is 11.6 Å². The molecule has 1 aromatic carbocycles. The molecule has 1 atom stereocenters. The van der Waals surface area contributed by atoms with Crippen LogP contribution < -0.4 is 5.73 Å². The van der Waals surface area contributed by atoms with Crippen LogP contribution in [0, 0.1) is 0 Å². The highest BCUT2D eigenvalue weighted by atomic mass is 16.5. The summed E-state index contributed by atoms with van der Waals surface area (Å²) in [4.78, 5) is 0. The minimum atomic E-state index is 0.366. The Balaban J connectivity index is 2.05. The van der Waals surface area contributed by atoms with Crippen LogP contribution in [-0.2, 0) is 6.42 Å². The molecule has 0 saturated heterocycles. The first-order valence-corrected chi connectivity index (χ1v) is 6.09. The molecule has 2 N–H and O–H groups in total. The third-order valence-corrected chi connectivity index (χ3v) is 3.58. The average molecular weight is 228 g/mol. The monoisotopic (exact) mass is 228 g/mol. The molecule has 1 aliphatic carbocycles. The highest BCUT2D eigenvalue weighted by molar-refractivity contribution is 5.63. The molecule has 1 aromatic heterocycles. The van der Waals surface area contributed by atoms with E-state index in [4.69, 9.17) is 10.3 Å². The third kappa shape index (κ3) is 1.82. The summed E-state index contributed by atoms with van der Waals surface area (Å²) in [5, 5.41) is 3.96. The van der Waals surface area contributed by atoms with Crippen molar-refractivity contribution in [3.05, 3.63) is 35.4 Å². The number of nitrogens with two attached hydrogens (primary N) is 1. The van der Waals surface area contributed by atoms with E-state index in [0.29, 0.717) is 11.8 Å². The van der Waals surface area contributed by atoms with Gasteiger partial charge >= 0.3 is 0 Å². The lowest BCUT2D eigenvalue weighted by Crippen LogP contribution is -2.06. The van der Waals surface area contributed by atoms with Crippen LogP contribution in [0.2, 0.25) is 0 Å². The Morgan fingerprint density at radius 2 is 2.24 bits per heavy atom. The number of nitrogen functional groups attached to an aromatic ring is 1. The molecular formula is C14H16N2O. The van der Waals surface area contributed by atoms with Gasteiger partial charge in [0.25, 0.3) is 0 Å². The Morgan fingerprint density at radius 1 is 1.35 bits per heavy atom. The molecule has 0 amide bonds. The fourth-order valence-electron chi connectivity index (χ4n) is 2.62. The Kier molecular flexibility index (Phi) is 2.39. The average Bonchev–Trinajstić information content (AvgIpc) is 2.76. The van der Waals surface area contributed by atoms with E-state index in [1.54, 1.807) is 6.07 Å². The van der Waals surface area contributed by atoms with E-state index in [1.165, 1.54) is 30.4 Å². The second-order valence-corrected chi connectivity index (χ2v) is 4.82. The maximum atomic E-state index is 5.55. The van der Waals surface area contributed by atoms with E-state index in [9.17, 15) is 0 Å². The molecule has 0 fully saturated rings. The largest absolute Gasteiger partial charge is 0.368 e. The summed E-state index contributed by atoms with van der Waals surface area (Å²) in [6, 6.07) is 8.32. The minimum Gasteiger partial charge on any atom is -0.368 e. The van der Waals surface area contributed by atoms with Gasteiger partial charge < -0.3 is 10.3 Å². The first-order valence-electron chi connectivity index (χ1n) is 6.09. The summed E-state index contributed by atoms with van der Waals surface area (Å²) >= 11 is 0. The smallest absolute Gasteiger partial charge is 0.222 e. The Labute approximate surface area is 101 Å². The van der Waals surface area contributed by atoms with Crippen molar-refractivity contribution in [2.24, 2.45) is 0 Å². The first kappa shape index (κ1) is 10.4. The molecule has 3 heteroatoms. The lowest BCUT2D eigenvalue weighted by Gasteiger charge is -2.22.